The molecule has 15 heavy (non-hydrogen) atoms. The van der Waals surface area contributed by atoms with Crippen molar-refractivity contribution in [2.45, 2.75) is 18.9 Å². The number of hydrogen-bond donors (Lipinski definition) is 0. The van der Waals surface area contributed by atoms with E-state index < -0.39 is 0 Å². The molecule has 1 amide bonds. The Kier molecular flexibility index (Phi) is 3.36. The van der Waals surface area contributed by atoms with Crippen molar-refractivity contribution < 1.29 is 4.79 Å². The Hall–Kier alpha value is -0.900. The minimum Gasteiger partial charge on any atom is -0.335 e. The van der Waals surface area contributed by atoms with Crippen molar-refractivity contribution >= 4 is 21.8 Å². The molecule has 1 saturated heterocycles. The Morgan fingerprint density at radius 2 is 2.53 bits per heavy atom. The highest BCUT2D eigenvalue weighted by molar-refractivity contribution is 9.09. The molecular weight excluding hydrogens is 256 g/mol. The SMILES string of the molecule is O=C(c1cccnc1)N1CCC[C@H]1CBr. The number of pyridine rings is 1. The molecule has 0 saturated carbocycles. The number of hydrogen-bond acceptors (Lipinski definition) is 2. The van der Waals surface area contributed by atoms with Crippen molar-refractivity contribution in [2.75, 3.05) is 11.9 Å². The summed E-state index contributed by atoms with van der Waals surface area (Å²) in [5, 5.41) is 0.860. The number of halogens is 1. The molecule has 0 spiro atoms. The van der Waals surface area contributed by atoms with Crippen molar-refractivity contribution in [3.8, 4) is 0 Å². The molecule has 4 heteroatoms. The van der Waals surface area contributed by atoms with Crippen LogP contribution in [0.3, 0.4) is 0 Å². The zero-order chi connectivity index (χ0) is 10.7. The van der Waals surface area contributed by atoms with Crippen LogP contribution in [0.15, 0.2) is 24.5 Å². The molecule has 0 bridgehead atoms. The summed E-state index contributed by atoms with van der Waals surface area (Å²) in [6.45, 7) is 0.865. The van der Waals surface area contributed by atoms with E-state index in [1.807, 2.05) is 11.0 Å². The van der Waals surface area contributed by atoms with Gasteiger partial charge in [0.25, 0.3) is 5.91 Å². The van der Waals surface area contributed by atoms with Gasteiger partial charge in [0, 0.05) is 30.3 Å². The number of amides is 1. The van der Waals surface area contributed by atoms with Gasteiger partial charge in [-0.1, -0.05) is 15.9 Å². The molecule has 3 nitrogen and oxygen atoms in total. The number of aromatic nitrogens is 1. The summed E-state index contributed by atoms with van der Waals surface area (Å²) in [5.74, 6) is 0.102. The lowest BCUT2D eigenvalue weighted by atomic mass is 10.2. The van der Waals surface area contributed by atoms with E-state index in [4.69, 9.17) is 0 Å². The second-order valence-corrected chi connectivity index (χ2v) is 4.34. The lowest BCUT2D eigenvalue weighted by molar-refractivity contribution is 0.0750. The minimum absolute atomic E-state index is 0.102. The van der Waals surface area contributed by atoms with Crippen LogP contribution in [0.4, 0.5) is 0 Å². The highest BCUT2D eigenvalue weighted by Crippen LogP contribution is 2.21. The lowest BCUT2D eigenvalue weighted by Crippen LogP contribution is -2.36. The van der Waals surface area contributed by atoms with E-state index in [1.54, 1.807) is 18.5 Å². The van der Waals surface area contributed by atoms with Crippen molar-refractivity contribution in [3.63, 3.8) is 0 Å². The van der Waals surface area contributed by atoms with E-state index >= 15 is 0 Å². The summed E-state index contributed by atoms with van der Waals surface area (Å²) in [5.41, 5.74) is 0.686. The smallest absolute Gasteiger partial charge is 0.255 e. The maximum absolute atomic E-state index is 12.1. The van der Waals surface area contributed by atoms with Gasteiger partial charge >= 0.3 is 0 Å². The van der Waals surface area contributed by atoms with Crippen LogP contribution < -0.4 is 0 Å². The maximum atomic E-state index is 12.1. The van der Waals surface area contributed by atoms with Crippen LogP contribution in [-0.2, 0) is 0 Å². The summed E-state index contributed by atoms with van der Waals surface area (Å²) in [6.07, 6.45) is 5.51. The zero-order valence-corrected chi connectivity index (χ0v) is 9.98. The fourth-order valence-corrected chi connectivity index (χ4v) is 2.59. The van der Waals surface area contributed by atoms with E-state index in [0.717, 1.165) is 24.7 Å². The Bertz CT molecular complexity index is 342. The summed E-state index contributed by atoms with van der Waals surface area (Å²) in [7, 11) is 0. The molecule has 1 aromatic rings. The van der Waals surface area contributed by atoms with Gasteiger partial charge in [0.2, 0.25) is 0 Å². The van der Waals surface area contributed by atoms with E-state index in [-0.39, 0.29) is 5.91 Å². The molecule has 2 heterocycles. The van der Waals surface area contributed by atoms with Crippen LogP contribution in [0.2, 0.25) is 0 Å². The van der Waals surface area contributed by atoms with Crippen LogP contribution in [0.1, 0.15) is 23.2 Å². The summed E-state index contributed by atoms with van der Waals surface area (Å²) in [4.78, 5) is 18.0. The minimum atomic E-state index is 0.102. The molecule has 0 unspecified atom stereocenters. The van der Waals surface area contributed by atoms with Gasteiger partial charge in [0.1, 0.15) is 0 Å². The Balaban J connectivity index is 2.14. The first-order valence-corrected chi connectivity index (χ1v) is 6.22. The highest BCUT2D eigenvalue weighted by Gasteiger charge is 2.28. The third-order valence-electron chi connectivity index (χ3n) is 2.72. The lowest BCUT2D eigenvalue weighted by Gasteiger charge is -2.22. The average molecular weight is 269 g/mol. The molecule has 0 radical (unpaired) electrons. The van der Waals surface area contributed by atoms with Gasteiger partial charge < -0.3 is 4.90 Å². The second-order valence-electron chi connectivity index (χ2n) is 3.69. The monoisotopic (exact) mass is 268 g/mol. The van der Waals surface area contributed by atoms with Gasteiger partial charge in [-0.25, -0.2) is 0 Å². The van der Waals surface area contributed by atoms with Crippen molar-refractivity contribution in [1.29, 1.82) is 0 Å². The highest BCUT2D eigenvalue weighted by atomic mass is 79.9. The topological polar surface area (TPSA) is 33.2 Å². The van der Waals surface area contributed by atoms with Crippen LogP contribution in [0, 0.1) is 0 Å². The van der Waals surface area contributed by atoms with E-state index in [9.17, 15) is 4.79 Å². The van der Waals surface area contributed by atoms with Crippen LogP contribution in [-0.4, -0.2) is 33.7 Å². The van der Waals surface area contributed by atoms with Crippen molar-refractivity contribution in [1.82, 2.24) is 9.88 Å². The van der Waals surface area contributed by atoms with Crippen molar-refractivity contribution in [3.05, 3.63) is 30.1 Å². The number of carbonyl (C=O) groups is 1. The molecular formula is C11H13BrN2O. The first-order chi connectivity index (χ1) is 7.33. The molecule has 1 aliphatic heterocycles. The van der Waals surface area contributed by atoms with Crippen LogP contribution in [0.25, 0.3) is 0 Å². The van der Waals surface area contributed by atoms with Gasteiger partial charge in [-0.05, 0) is 25.0 Å². The van der Waals surface area contributed by atoms with Gasteiger partial charge in [-0.15, -0.1) is 0 Å². The van der Waals surface area contributed by atoms with E-state index in [1.165, 1.54) is 0 Å². The molecule has 1 atom stereocenters. The van der Waals surface area contributed by atoms with Crippen molar-refractivity contribution in [2.24, 2.45) is 0 Å². The van der Waals surface area contributed by atoms with Crippen LogP contribution >= 0.6 is 15.9 Å². The molecule has 1 fully saturated rings. The first-order valence-electron chi connectivity index (χ1n) is 5.10. The number of rotatable bonds is 2. The fourth-order valence-electron chi connectivity index (χ4n) is 1.92. The third kappa shape index (κ3) is 2.20. The standard InChI is InChI=1S/C11H13BrN2O/c12-7-10-4-2-6-14(10)11(15)9-3-1-5-13-8-9/h1,3,5,8,10H,2,4,6-7H2/t10-/m0/s1. The van der Waals surface area contributed by atoms with E-state index in [0.29, 0.717) is 11.6 Å². The van der Waals surface area contributed by atoms with Gasteiger partial charge in [0.15, 0.2) is 0 Å². The molecule has 2 rings (SSSR count). The molecule has 0 aromatic carbocycles. The van der Waals surface area contributed by atoms with Gasteiger partial charge in [-0.3, -0.25) is 9.78 Å². The Morgan fingerprint density at radius 1 is 1.67 bits per heavy atom. The third-order valence-corrected chi connectivity index (χ3v) is 3.47. The molecule has 0 aliphatic carbocycles. The predicted molar refractivity (Wildman–Crippen MR) is 62.1 cm³/mol. The summed E-state index contributed by atoms with van der Waals surface area (Å²) in [6, 6.07) is 3.96. The van der Waals surface area contributed by atoms with Gasteiger partial charge in [-0.2, -0.15) is 0 Å². The zero-order valence-electron chi connectivity index (χ0n) is 8.40. The largest absolute Gasteiger partial charge is 0.335 e. The molecule has 1 aliphatic rings. The Morgan fingerprint density at radius 3 is 3.20 bits per heavy atom. The number of alkyl halides is 1. The molecule has 1 aromatic heterocycles. The average Bonchev–Trinajstić information content (AvgIpc) is 2.77. The first kappa shape index (κ1) is 10.6. The fraction of sp³-hybridized carbons (Fsp3) is 0.455. The molecule has 80 valence electrons. The quantitative estimate of drug-likeness (QED) is 0.770. The van der Waals surface area contributed by atoms with Crippen LogP contribution in [0.5, 0.6) is 0 Å². The summed E-state index contributed by atoms with van der Waals surface area (Å²) < 4.78 is 0. The van der Waals surface area contributed by atoms with Gasteiger partial charge in [0.05, 0.1) is 5.56 Å². The maximum Gasteiger partial charge on any atom is 0.255 e. The number of likely N-dealkylation sites (tertiary alicyclic amines) is 1. The van der Waals surface area contributed by atoms with E-state index in [2.05, 4.69) is 20.9 Å². The molecule has 0 N–H and O–H groups in total. The normalized spacial score (nSPS) is 20.6. The number of nitrogens with zero attached hydrogens (tertiary/aromatic N) is 2. The summed E-state index contributed by atoms with van der Waals surface area (Å²) >= 11 is 3.45. The Labute approximate surface area is 97.6 Å². The second kappa shape index (κ2) is 4.75. The predicted octanol–water partition coefficient (Wildman–Crippen LogP) is 2.08. The number of carbonyl (C=O) groups excluding carboxylic acids is 1.